The minimum atomic E-state index is 0.132. The van der Waals surface area contributed by atoms with Crippen molar-refractivity contribution < 1.29 is 4.74 Å². The van der Waals surface area contributed by atoms with Crippen LogP contribution < -0.4 is 15.4 Å². The zero-order chi connectivity index (χ0) is 20.1. The molecule has 0 amide bonds. The van der Waals surface area contributed by atoms with Crippen molar-refractivity contribution in [2.24, 2.45) is 0 Å². The number of rotatable bonds is 6. The van der Waals surface area contributed by atoms with Gasteiger partial charge in [0.1, 0.15) is 11.6 Å². The van der Waals surface area contributed by atoms with Crippen LogP contribution in [0.1, 0.15) is 39.0 Å². The predicted molar refractivity (Wildman–Crippen MR) is 116 cm³/mol. The molecule has 1 heterocycles. The van der Waals surface area contributed by atoms with Crippen molar-refractivity contribution in [2.45, 2.75) is 40.0 Å². The Kier molecular flexibility index (Phi) is 5.83. The van der Waals surface area contributed by atoms with Gasteiger partial charge >= 0.3 is 0 Å². The highest BCUT2D eigenvalue weighted by Crippen LogP contribution is 2.25. The van der Waals surface area contributed by atoms with Gasteiger partial charge in [-0.1, -0.05) is 32.9 Å². The third-order valence-electron chi connectivity index (χ3n) is 4.30. The van der Waals surface area contributed by atoms with Crippen LogP contribution in [-0.2, 0) is 5.41 Å². The zero-order valence-electron chi connectivity index (χ0n) is 17.2. The van der Waals surface area contributed by atoms with Crippen LogP contribution in [0.3, 0.4) is 0 Å². The summed E-state index contributed by atoms with van der Waals surface area (Å²) in [4.78, 5) is 9.09. The van der Waals surface area contributed by atoms with Gasteiger partial charge in [-0.15, -0.1) is 0 Å². The fraction of sp³-hybridized carbons (Fsp3) is 0.304. The molecule has 0 unspecified atom stereocenters. The Morgan fingerprint density at radius 1 is 0.857 bits per heavy atom. The molecule has 0 aliphatic heterocycles. The SMILES string of the molecule is CCOc1ccc(Nc2cc(C)nc(Nc3ccc(C(C)(C)C)cc3)n2)cc1. The lowest BCUT2D eigenvalue weighted by molar-refractivity contribution is 0.340. The van der Waals surface area contributed by atoms with Gasteiger partial charge in [-0.3, -0.25) is 0 Å². The lowest BCUT2D eigenvalue weighted by atomic mass is 9.87. The molecule has 0 bridgehead atoms. The maximum atomic E-state index is 5.48. The van der Waals surface area contributed by atoms with Gasteiger partial charge in [0.2, 0.25) is 5.95 Å². The molecule has 0 aliphatic rings. The number of nitrogens with zero attached hydrogens (tertiary/aromatic N) is 2. The standard InChI is InChI=1S/C23H28N4O/c1-6-28-20-13-11-18(12-14-20)25-21-15-16(2)24-22(27-21)26-19-9-7-17(8-10-19)23(3,4)5/h7-15H,6H2,1-5H3,(H2,24,25,26,27). The average Bonchev–Trinajstić information content (AvgIpc) is 2.63. The first-order valence-corrected chi connectivity index (χ1v) is 9.56. The number of nitrogens with one attached hydrogen (secondary N) is 2. The minimum absolute atomic E-state index is 0.132. The second-order valence-corrected chi connectivity index (χ2v) is 7.75. The van der Waals surface area contributed by atoms with Gasteiger partial charge in [0.25, 0.3) is 0 Å². The first-order chi connectivity index (χ1) is 13.3. The van der Waals surface area contributed by atoms with Gasteiger partial charge in [0.15, 0.2) is 0 Å². The summed E-state index contributed by atoms with van der Waals surface area (Å²) in [6, 6.07) is 18.1. The van der Waals surface area contributed by atoms with Gasteiger partial charge in [-0.05, 0) is 61.2 Å². The summed E-state index contributed by atoms with van der Waals surface area (Å²) in [7, 11) is 0. The van der Waals surface area contributed by atoms with E-state index in [0.717, 1.165) is 28.6 Å². The normalized spacial score (nSPS) is 11.2. The third kappa shape index (κ3) is 5.22. The number of anilines is 4. The molecule has 5 nitrogen and oxygen atoms in total. The Morgan fingerprint density at radius 2 is 1.46 bits per heavy atom. The Morgan fingerprint density at radius 3 is 2.07 bits per heavy atom. The molecule has 0 atom stereocenters. The summed E-state index contributed by atoms with van der Waals surface area (Å²) in [5, 5.41) is 6.62. The molecule has 28 heavy (non-hydrogen) atoms. The van der Waals surface area contributed by atoms with Crippen molar-refractivity contribution >= 4 is 23.1 Å². The molecular formula is C23H28N4O. The van der Waals surface area contributed by atoms with E-state index in [9.17, 15) is 0 Å². The summed E-state index contributed by atoms with van der Waals surface area (Å²) < 4.78 is 5.48. The third-order valence-corrected chi connectivity index (χ3v) is 4.30. The van der Waals surface area contributed by atoms with E-state index in [0.29, 0.717) is 12.6 Å². The minimum Gasteiger partial charge on any atom is -0.494 e. The summed E-state index contributed by atoms with van der Waals surface area (Å²) >= 11 is 0. The van der Waals surface area contributed by atoms with Gasteiger partial charge in [-0.2, -0.15) is 4.98 Å². The van der Waals surface area contributed by atoms with Gasteiger partial charge in [0.05, 0.1) is 6.61 Å². The van der Waals surface area contributed by atoms with Crippen LogP contribution in [0.2, 0.25) is 0 Å². The van der Waals surface area contributed by atoms with Crippen molar-refractivity contribution in [1.82, 2.24) is 9.97 Å². The molecule has 0 spiro atoms. The summed E-state index contributed by atoms with van der Waals surface area (Å²) in [5.74, 6) is 2.16. The van der Waals surface area contributed by atoms with E-state index in [2.05, 4.69) is 65.6 Å². The summed E-state index contributed by atoms with van der Waals surface area (Å²) in [6.45, 7) is 11.2. The molecule has 0 fully saturated rings. The van der Waals surface area contributed by atoms with E-state index >= 15 is 0 Å². The number of hydrogen-bond acceptors (Lipinski definition) is 5. The maximum absolute atomic E-state index is 5.48. The van der Waals surface area contributed by atoms with Crippen LogP contribution in [0.5, 0.6) is 5.75 Å². The van der Waals surface area contributed by atoms with E-state index in [1.807, 2.05) is 44.2 Å². The van der Waals surface area contributed by atoms with Crippen LogP contribution in [0, 0.1) is 6.92 Å². The Hall–Kier alpha value is -3.08. The Balaban J connectivity index is 1.74. The van der Waals surface area contributed by atoms with Crippen LogP contribution in [-0.4, -0.2) is 16.6 Å². The number of benzene rings is 2. The fourth-order valence-electron chi connectivity index (χ4n) is 2.82. The number of ether oxygens (including phenoxy) is 1. The molecule has 0 radical (unpaired) electrons. The molecule has 0 saturated heterocycles. The zero-order valence-corrected chi connectivity index (χ0v) is 17.2. The van der Waals surface area contributed by atoms with Crippen LogP contribution >= 0.6 is 0 Å². The van der Waals surface area contributed by atoms with E-state index in [-0.39, 0.29) is 5.41 Å². The second-order valence-electron chi connectivity index (χ2n) is 7.75. The Bertz CT molecular complexity index is 913. The van der Waals surface area contributed by atoms with Crippen molar-refractivity contribution in [3.63, 3.8) is 0 Å². The molecule has 3 rings (SSSR count). The van der Waals surface area contributed by atoms with E-state index < -0.39 is 0 Å². The van der Waals surface area contributed by atoms with Gasteiger partial charge < -0.3 is 15.4 Å². The average molecular weight is 377 g/mol. The molecule has 5 heteroatoms. The topological polar surface area (TPSA) is 59.1 Å². The van der Waals surface area contributed by atoms with Crippen molar-refractivity contribution in [3.8, 4) is 5.75 Å². The molecule has 2 aromatic carbocycles. The van der Waals surface area contributed by atoms with Gasteiger partial charge in [-0.25, -0.2) is 4.98 Å². The quantitative estimate of drug-likeness (QED) is 0.555. The molecule has 146 valence electrons. The number of hydrogen-bond donors (Lipinski definition) is 2. The van der Waals surface area contributed by atoms with E-state index in [1.165, 1.54) is 5.56 Å². The fourth-order valence-corrected chi connectivity index (χ4v) is 2.82. The van der Waals surface area contributed by atoms with Crippen LogP contribution in [0.25, 0.3) is 0 Å². The van der Waals surface area contributed by atoms with Crippen molar-refractivity contribution in [2.75, 3.05) is 17.2 Å². The molecule has 0 saturated carbocycles. The second kappa shape index (κ2) is 8.30. The van der Waals surface area contributed by atoms with Crippen molar-refractivity contribution in [1.29, 1.82) is 0 Å². The molecule has 2 N–H and O–H groups in total. The summed E-state index contributed by atoms with van der Waals surface area (Å²) in [6.07, 6.45) is 0. The summed E-state index contributed by atoms with van der Waals surface area (Å²) in [5.41, 5.74) is 4.22. The molecule has 0 aliphatic carbocycles. The largest absolute Gasteiger partial charge is 0.494 e. The van der Waals surface area contributed by atoms with Crippen LogP contribution in [0.4, 0.5) is 23.1 Å². The molecule has 1 aromatic heterocycles. The number of aryl methyl sites for hydroxylation is 1. The predicted octanol–water partition coefficient (Wildman–Crippen LogP) is 5.97. The molecular weight excluding hydrogens is 348 g/mol. The van der Waals surface area contributed by atoms with Crippen LogP contribution in [0.15, 0.2) is 54.6 Å². The highest BCUT2D eigenvalue weighted by atomic mass is 16.5. The lowest BCUT2D eigenvalue weighted by Gasteiger charge is -2.19. The first kappa shape index (κ1) is 19.7. The van der Waals surface area contributed by atoms with E-state index in [4.69, 9.17) is 4.74 Å². The van der Waals surface area contributed by atoms with E-state index in [1.54, 1.807) is 0 Å². The highest BCUT2D eigenvalue weighted by molar-refractivity contribution is 5.61. The Labute approximate surface area is 167 Å². The smallest absolute Gasteiger partial charge is 0.229 e. The monoisotopic (exact) mass is 376 g/mol. The molecule has 3 aromatic rings. The highest BCUT2D eigenvalue weighted by Gasteiger charge is 2.13. The van der Waals surface area contributed by atoms with Gasteiger partial charge in [0, 0.05) is 23.1 Å². The maximum Gasteiger partial charge on any atom is 0.229 e. The van der Waals surface area contributed by atoms with Crippen molar-refractivity contribution in [3.05, 3.63) is 65.9 Å². The first-order valence-electron chi connectivity index (χ1n) is 9.56. The number of aromatic nitrogens is 2. The lowest BCUT2D eigenvalue weighted by Crippen LogP contribution is -2.10.